The molecule has 4 fully saturated rings. The van der Waals surface area contributed by atoms with Gasteiger partial charge in [-0.25, -0.2) is 0 Å². The highest BCUT2D eigenvalue weighted by Crippen LogP contribution is 2.55. The van der Waals surface area contributed by atoms with Gasteiger partial charge in [0.15, 0.2) is 0 Å². The first-order valence-corrected chi connectivity index (χ1v) is 21.5. The third-order valence-electron chi connectivity index (χ3n) is 14.0. The summed E-state index contributed by atoms with van der Waals surface area (Å²) in [7, 11) is 2.18. The van der Waals surface area contributed by atoms with Gasteiger partial charge in [-0.3, -0.25) is 34.2 Å². The first kappa shape index (κ1) is 42.0. The summed E-state index contributed by atoms with van der Waals surface area (Å²) < 4.78 is 12.8. The molecule has 13 heteroatoms. The van der Waals surface area contributed by atoms with Crippen molar-refractivity contribution in [2.24, 2.45) is 16.7 Å². The fourth-order valence-corrected chi connectivity index (χ4v) is 10.8. The Morgan fingerprint density at radius 2 is 1.51 bits per heavy atom. The van der Waals surface area contributed by atoms with Gasteiger partial charge in [-0.15, -0.1) is 0 Å². The average molecular weight is 829 g/mol. The van der Waals surface area contributed by atoms with Crippen LogP contribution in [-0.2, 0) is 9.59 Å². The van der Waals surface area contributed by atoms with E-state index < -0.39 is 29.7 Å². The number of imide groups is 2. The van der Waals surface area contributed by atoms with Crippen molar-refractivity contribution in [3.63, 3.8) is 0 Å². The number of nitrogens with one attached hydrogen (secondary N) is 2. The van der Waals surface area contributed by atoms with Crippen LogP contribution in [0.1, 0.15) is 114 Å². The van der Waals surface area contributed by atoms with Crippen LogP contribution < -0.4 is 25.0 Å². The Hall–Kier alpha value is -5.74. The number of hydrogen-bond acceptors (Lipinski definition) is 10. The minimum atomic E-state index is -0.997. The lowest BCUT2D eigenvalue weighted by Gasteiger charge is -2.63. The lowest BCUT2D eigenvalue weighted by Crippen LogP contribution is -2.74. The highest BCUT2D eigenvalue weighted by atomic mass is 16.5. The van der Waals surface area contributed by atoms with E-state index in [2.05, 4.69) is 73.4 Å². The molecule has 0 spiro atoms. The molecule has 320 valence electrons. The summed E-state index contributed by atoms with van der Waals surface area (Å²) in [4.78, 5) is 69.6. The van der Waals surface area contributed by atoms with E-state index in [1.165, 1.54) is 0 Å². The second kappa shape index (κ2) is 15.9. The zero-order valence-electron chi connectivity index (χ0n) is 36.2. The van der Waals surface area contributed by atoms with Gasteiger partial charge in [-0.2, -0.15) is 5.26 Å². The predicted octanol–water partition coefficient (Wildman–Crippen LogP) is 5.95. The van der Waals surface area contributed by atoms with Crippen LogP contribution in [0.25, 0.3) is 0 Å². The van der Waals surface area contributed by atoms with Gasteiger partial charge in [0, 0.05) is 73.1 Å². The fourth-order valence-electron chi connectivity index (χ4n) is 10.8. The van der Waals surface area contributed by atoms with Crippen LogP contribution >= 0.6 is 0 Å². The third kappa shape index (κ3) is 7.75. The minimum Gasteiger partial charge on any atom is -0.490 e. The van der Waals surface area contributed by atoms with Crippen LogP contribution in [0.4, 0.5) is 5.69 Å². The molecule has 5 amide bonds. The predicted molar refractivity (Wildman–Crippen MR) is 228 cm³/mol. The van der Waals surface area contributed by atoms with E-state index >= 15 is 0 Å². The number of anilines is 1. The van der Waals surface area contributed by atoms with Gasteiger partial charge in [0.2, 0.25) is 11.8 Å². The number of nitriles is 1. The number of rotatable bonds is 11. The van der Waals surface area contributed by atoms with E-state index in [1.807, 2.05) is 38.1 Å². The van der Waals surface area contributed by atoms with Crippen molar-refractivity contribution in [2.75, 3.05) is 31.6 Å². The Kier molecular flexibility index (Phi) is 11.0. The smallest absolute Gasteiger partial charge is 0.262 e. The summed E-state index contributed by atoms with van der Waals surface area (Å²) in [5, 5.41) is 15.0. The molecule has 8 rings (SSSR count). The molecule has 1 unspecified atom stereocenters. The van der Waals surface area contributed by atoms with E-state index in [9.17, 15) is 29.2 Å². The van der Waals surface area contributed by atoms with Gasteiger partial charge in [-0.1, -0.05) is 27.7 Å². The molecule has 2 saturated carbocycles. The molecule has 61 heavy (non-hydrogen) atoms. The maximum absolute atomic E-state index is 13.6. The summed E-state index contributed by atoms with van der Waals surface area (Å²) in [6.45, 7) is 15.3. The van der Waals surface area contributed by atoms with Gasteiger partial charge in [0.1, 0.15) is 29.7 Å². The van der Waals surface area contributed by atoms with Crippen molar-refractivity contribution in [1.29, 1.82) is 5.26 Å². The van der Waals surface area contributed by atoms with Gasteiger partial charge >= 0.3 is 0 Å². The van der Waals surface area contributed by atoms with Crippen molar-refractivity contribution in [3.05, 3.63) is 88.0 Å². The van der Waals surface area contributed by atoms with Crippen molar-refractivity contribution in [2.45, 2.75) is 110 Å². The zero-order valence-corrected chi connectivity index (χ0v) is 36.2. The molecule has 1 atom stereocenters. The number of aryl methyl sites for hydroxylation is 2. The van der Waals surface area contributed by atoms with E-state index in [1.54, 1.807) is 18.2 Å². The molecule has 5 aliphatic rings. The molecule has 3 aromatic carbocycles. The molecule has 0 aromatic heterocycles. The summed E-state index contributed by atoms with van der Waals surface area (Å²) in [5.41, 5.74) is 4.05. The monoisotopic (exact) mass is 828 g/mol. The van der Waals surface area contributed by atoms with Crippen molar-refractivity contribution >= 4 is 35.2 Å². The summed E-state index contributed by atoms with van der Waals surface area (Å²) >= 11 is 0. The maximum atomic E-state index is 13.6. The molecule has 0 radical (unpaired) electrons. The van der Waals surface area contributed by atoms with Crippen LogP contribution in [0.2, 0.25) is 0 Å². The number of hydrogen-bond donors (Lipinski definition) is 2. The van der Waals surface area contributed by atoms with E-state index in [0.29, 0.717) is 28.8 Å². The van der Waals surface area contributed by atoms with Crippen molar-refractivity contribution in [1.82, 2.24) is 20.4 Å². The molecular formula is C48H56N6O7. The minimum absolute atomic E-state index is 0.00214. The molecule has 3 heterocycles. The number of carbonyl (C=O) groups excluding carboxylic acids is 5. The Labute approximate surface area is 357 Å². The average Bonchev–Trinajstić information content (AvgIpc) is 3.44. The number of fused-ring (bicyclic) bond motifs is 1. The normalized spacial score (nSPS) is 25.6. The Bertz CT molecular complexity index is 2280. The lowest BCUT2D eigenvalue weighted by molar-refractivity contribution is -0.164. The van der Waals surface area contributed by atoms with Gasteiger partial charge in [-0.05, 0) is 112 Å². The topological polar surface area (TPSA) is 161 Å². The third-order valence-corrected chi connectivity index (χ3v) is 14.0. The molecule has 2 aliphatic carbocycles. The number of amides is 5. The van der Waals surface area contributed by atoms with Gasteiger partial charge in [0.25, 0.3) is 17.7 Å². The SMILES string of the molecule is Cc1cc(OC2C(C)(C)C(NC(=O)c3ccc(N4CCC(CN(C)C5CC(Oc6ccc7c(c6)C(=O)N(C6CCC(=O)NC6=O)C7=O)C5)CC4)cc3)C2(C)C)cc(C)c1C#N. The van der Waals surface area contributed by atoms with Gasteiger partial charge < -0.3 is 24.6 Å². The summed E-state index contributed by atoms with van der Waals surface area (Å²) in [6, 6.07) is 18.3. The first-order chi connectivity index (χ1) is 29.0. The van der Waals surface area contributed by atoms with E-state index in [0.717, 1.165) is 72.8 Å². The quantitative estimate of drug-likeness (QED) is 0.221. The maximum Gasteiger partial charge on any atom is 0.262 e. The van der Waals surface area contributed by atoms with Crippen molar-refractivity contribution in [3.8, 4) is 17.6 Å². The Morgan fingerprint density at radius 1 is 0.869 bits per heavy atom. The molecule has 13 nitrogen and oxygen atoms in total. The Balaban J connectivity index is 0.773. The first-order valence-electron chi connectivity index (χ1n) is 21.5. The highest BCUT2D eigenvalue weighted by molar-refractivity contribution is 6.23. The van der Waals surface area contributed by atoms with Gasteiger partial charge in [0.05, 0.1) is 22.8 Å². The largest absolute Gasteiger partial charge is 0.490 e. The van der Waals surface area contributed by atoms with Crippen LogP contribution in [0.15, 0.2) is 54.6 Å². The number of benzene rings is 3. The highest BCUT2D eigenvalue weighted by Gasteiger charge is 2.64. The number of carbonyl (C=O) groups is 5. The standard InChI is InChI=1S/C48H56N6O7/c1-27-20-34(21-28(2)38(27)25-49)61-46-47(3,4)45(48(46,5)6)51-41(56)30-8-10-31(11-9-30)53-18-16-29(17-19-53)26-52(7)32-22-35(23-32)60-33-12-13-36-37(24-33)44(59)54(43(36)58)39-14-15-40(55)50-42(39)57/h8-13,20-21,24,29,32,35,39,45-46H,14-19,22-23,26H2,1-7H3,(H,51,56)(H,50,55,57). The molecule has 0 bridgehead atoms. The number of ether oxygens (including phenoxy) is 2. The molecule has 3 aliphatic heterocycles. The molecular weight excluding hydrogens is 773 g/mol. The fraction of sp³-hybridized carbons (Fsp3) is 0.500. The Morgan fingerprint density at radius 3 is 2.13 bits per heavy atom. The number of nitrogens with zero attached hydrogens (tertiary/aromatic N) is 4. The van der Waals surface area contributed by atoms with Crippen LogP contribution in [-0.4, -0.2) is 96.4 Å². The van der Waals surface area contributed by atoms with E-state index in [4.69, 9.17) is 9.47 Å². The lowest BCUT2D eigenvalue weighted by atomic mass is 9.49. The molecule has 3 aromatic rings. The summed E-state index contributed by atoms with van der Waals surface area (Å²) in [5.74, 6) is -0.349. The summed E-state index contributed by atoms with van der Waals surface area (Å²) in [6.07, 6.45) is 3.95. The second-order valence-electron chi connectivity index (χ2n) is 19.0. The van der Waals surface area contributed by atoms with Crippen LogP contribution in [0.5, 0.6) is 11.5 Å². The van der Waals surface area contributed by atoms with Crippen LogP contribution in [0, 0.1) is 41.9 Å². The van der Waals surface area contributed by atoms with E-state index in [-0.39, 0.29) is 59.0 Å². The number of piperidine rings is 2. The van der Waals surface area contributed by atoms with Crippen molar-refractivity contribution < 1.29 is 33.4 Å². The molecule has 2 saturated heterocycles. The zero-order chi connectivity index (χ0) is 43.5. The second-order valence-corrected chi connectivity index (χ2v) is 19.0. The molecule has 2 N–H and O–H groups in total. The van der Waals surface area contributed by atoms with Crippen LogP contribution in [0.3, 0.4) is 0 Å².